The lowest BCUT2D eigenvalue weighted by atomic mass is 10.0. The van der Waals surface area contributed by atoms with Gasteiger partial charge in [0.2, 0.25) is 35.4 Å². The Bertz CT molecular complexity index is 1970. The normalized spacial score (nSPS) is 15.7. The molecule has 0 spiro atoms. The molecule has 7 amide bonds. The molecule has 0 aliphatic carbocycles. The average Bonchev–Trinajstić information content (AvgIpc) is 3.86. The lowest BCUT2D eigenvalue weighted by Crippen LogP contribution is -2.60. The molecule has 298 valence electrons. The van der Waals surface area contributed by atoms with Crippen molar-refractivity contribution in [1.29, 1.82) is 0 Å². The summed E-state index contributed by atoms with van der Waals surface area (Å²) < 4.78 is 0. The molecule has 22 nitrogen and oxygen atoms in total. The molecule has 1 fully saturated rings. The van der Waals surface area contributed by atoms with Crippen molar-refractivity contribution in [3.8, 4) is 5.75 Å². The Labute approximate surface area is 317 Å². The molecule has 5 atom stereocenters. The molecule has 4 rings (SSSR count). The number of primary amides is 2. The smallest absolute Gasteiger partial charge is 0.310 e. The molecule has 0 bridgehead atoms. The number of nitrogens with two attached hydrogens (primary N) is 3. The van der Waals surface area contributed by atoms with Crippen LogP contribution in [0.1, 0.15) is 40.9 Å². The highest BCUT2D eigenvalue weighted by Gasteiger charge is 2.40. The number of nitro groups is 1. The Morgan fingerprint density at radius 1 is 0.946 bits per heavy atom. The number of benzene rings is 2. The van der Waals surface area contributed by atoms with Crippen molar-refractivity contribution in [2.75, 3.05) is 18.9 Å². The predicted octanol–water partition coefficient (Wildman–Crippen LogP) is -3.01. The van der Waals surface area contributed by atoms with E-state index in [1.165, 1.54) is 30.7 Å². The molecule has 1 aromatic heterocycles. The van der Waals surface area contributed by atoms with Crippen molar-refractivity contribution in [2.24, 2.45) is 11.5 Å². The van der Waals surface area contributed by atoms with Gasteiger partial charge in [-0.15, -0.1) is 0 Å². The van der Waals surface area contributed by atoms with Crippen LogP contribution in [0.3, 0.4) is 0 Å². The summed E-state index contributed by atoms with van der Waals surface area (Å²) >= 11 is 0. The first-order valence-electron chi connectivity index (χ1n) is 17.1. The molecule has 3 aromatic rings. The fourth-order valence-corrected chi connectivity index (χ4v) is 5.98. The number of nitro benzene ring substituents is 1. The van der Waals surface area contributed by atoms with E-state index in [1.54, 1.807) is 12.1 Å². The highest BCUT2D eigenvalue weighted by molar-refractivity contribution is 6.03. The number of aromatic nitrogens is 2. The van der Waals surface area contributed by atoms with Gasteiger partial charge in [-0.25, -0.2) is 4.98 Å². The molecular formula is C34H41N11O11. The molecule has 1 saturated heterocycles. The van der Waals surface area contributed by atoms with Crippen LogP contribution < -0.4 is 38.5 Å². The number of nitrogen functional groups attached to an aromatic ring is 1. The van der Waals surface area contributed by atoms with Gasteiger partial charge in [0.15, 0.2) is 5.75 Å². The van der Waals surface area contributed by atoms with Crippen molar-refractivity contribution in [3.05, 3.63) is 81.9 Å². The third kappa shape index (κ3) is 10.7. The van der Waals surface area contributed by atoms with Crippen molar-refractivity contribution >= 4 is 52.7 Å². The molecule has 0 saturated carbocycles. The van der Waals surface area contributed by atoms with E-state index in [-0.39, 0.29) is 42.6 Å². The number of hydrogen-bond donors (Lipinski definition) is 10. The second kappa shape index (κ2) is 18.8. The maximum atomic E-state index is 13.7. The van der Waals surface area contributed by atoms with Gasteiger partial charge >= 0.3 is 5.69 Å². The van der Waals surface area contributed by atoms with Crippen molar-refractivity contribution in [1.82, 2.24) is 36.1 Å². The number of H-pyrrole nitrogens is 1. The second-order valence-electron chi connectivity index (χ2n) is 12.8. The second-order valence-corrected chi connectivity index (χ2v) is 12.8. The number of carbonyl (C=O) groups excluding carboxylic acids is 7. The molecule has 2 aromatic carbocycles. The molecule has 2 heterocycles. The van der Waals surface area contributed by atoms with E-state index in [9.17, 15) is 53.9 Å². The number of nitrogens with zero attached hydrogens (tertiary/aromatic N) is 3. The van der Waals surface area contributed by atoms with Crippen LogP contribution in [0.4, 0.5) is 11.4 Å². The molecule has 0 radical (unpaired) electrons. The number of nitrogens with one attached hydrogen (secondary N) is 5. The van der Waals surface area contributed by atoms with Gasteiger partial charge in [0, 0.05) is 43.0 Å². The number of anilines is 1. The Hall–Kier alpha value is -7.10. The van der Waals surface area contributed by atoms with Gasteiger partial charge in [-0.05, 0) is 36.6 Å². The van der Waals surface area contributed by atoms with Gasteiger partial charge in [0.1, 0.15) is 30.2 Å². The maximum Gasteiger partial charge on any atom is 0.310 e. The van der Waals surface area contributed by atoms with Gasteiger partial charge in [-0.3, -0.25) is 43.7 Å². The van der Waals surface area contributed by atoms with E-state index in [0.717, 1.165) is 17.0 Å². The first-order valence-corrected chi connectivity index (χ1v) is 17.1. The molecule has 56 heavy (non-hydrogen) atoms. The first kappa shape index (κ1) is 41.7. The van der Waals surface area contributed by atoms with Crippen LogP contribution in [-0.2, 0) is 41.6 Å². The Morgan fingerprint density at radius 2 is 1.64 bits per heavy atom. The van der Waals surface area contributed by atoms with E-state index in [1.807, 2.05) is 0 Å². The number of likely N-dealkylation sites (tertiary alicyclic amines) is 1. The number of aliphatic hydroxyl groups excluding tert-OH is 1. The number of rotatable bonds is 18. The standard InChI is InChI=1S/C34H41N11O11/c35-20-5-2-1-4-19(20)30(50)42-23(13-28(36)48)34(54)44-9-3-6-25(44)33(53)43-24(15-46)32(52)41-22(12-18-14-38-16-39-18)31(51)40-21(29(37)49)10-17-7-8-27(47)26(11-17)45(55)56/h1-2,4-5,7-8,11,14,16,21-25,46-47H,3,6,9-10,12-13,15,35H2,(H2,36,48)(H2,37,49)(H,38,39)(H,40,51)(H,41,52)(H,42,50)(H,43,53)/t21-,22-,23-,24-,25-/m0/s1. The van der Waals surface area contributed by atoms with Crippen LogP contribution in [0.15, 0.2) is 55.0 Å². The van der Waals surface area contributed by atoms with Crippen LogP contribution >= 0.6 is 0 Å². The SMILES string of the molecule is NC(=O)C[C@H](NC(=O)c1ccccc1N)C(=O)N1CCC[C@H]1C(=O)N[C@@H](CO)C(=O)N[C@@H](Cc1cnc[nH]1)C(=O)N[C@@H](Cc1ccc(O)c([N+](=O)[O-])c1)C(N)=O. The third-order valence-electron chi connectivity index (χ3n) is 8.82. The van der Waals surface area contributed by atoms with Crippen molar-refractivity contribution < 1.29 is 48.7 Å². The highest BCUT2D eigenvalue weighted by atomic mass is 16.6. The topological polar surface area (TPSA) is 361 Å². The molecular weight excluding hydrogens is 738 g/mol. The summed E-state index contributed by atoms with van der Waals surface area (Å²) in [5, 5.41) is 40.8. The maximum absolute atomic E-state index is 13.7. The summed E-state index contributed by atoms with van der Waals surface area (Å²) in [6, 6.07) is 2.11. The minimum atomic E-state index is -1.66. The van der Waals surface area contributed by atoms with Gasteiger partial charge < -0.3 is 58.6 Å². The highest BCUT2D eigenvalue weighted by Crippen LogP contribution is 2.27. The lowest BCUT2D eigenvalue weighted by molar-refractivity contribution is -0.385. The van der Waals surface area contributed by atoms with Gasteiger partial charge in [0.25, 0.3) is 5.91 Å². The van der Waals surface area contributed by atoms with Crippen LogP contribution in [0.5, 0.6) is 5.75 Å². The van der Waals surface area contributed by atoms with Crippen LogP contribution in [-0.4, -0.2) is 115 Å². The Morgan fingerprint density at radius 3 is 2.27 bits per heavy atom. The number of carbonyl (C=O) groups is 7. The summed E-state index contributed by atoms with van der Waals surface area (Å²) in [5.41, 5.74) is 16.8. The largest absolute Gasteiger partial charge is 0.502 e. The summed E-state index contributed by atoms with van der Waals surface area (Å²) in [6.45, 7) is -0.921. The van der Waals surface area contributed by atoms with E-state index < -0.39 is 101 Å². The van der Waals surface area contributed by atoms with E-state index >= 15 is 0 Å². The van der Waals surface area contributed by atoms with Crippen LogP contribution in [0.25, 0.3) is 0 Å². The number of phenols is 1. The van der Waals surface area contributed by atoms with E-state index in [4.69, 9.17) is 17.2 Å². The molecule has 22 heteroatoms. The van der Waals surface area contributed by atoms with E-state index in [0.29, 0.717) is 12.1 Å². The summed E-state index contributed by atoms with van der Waals surface area (Å²) in [6.07, 6.45) is 1.94. The minimum absolute atomic E-state index is 0.0376. The number of imidazole rings is 1. The average molecular weight is 780 g/mol. The number of para-hydroxylation sites is 1. The van der Waals surface area contributed by atoms with Crippen molar-refractivity contribution in [2.45, 2.75) is 62.3 Å². The van der Waals surface area contributed by atoms with Gasteiger partial charge in [-0.2, -0.15) is 0 Å². The van der Waals surface area contributed by atoms with Crippen molar-refractivity contribution in [3.63, 3.8) is 0 Å². The molecule has 1 aliphatic heterocycles. The zero-order chi connectivity index (χ0) is 41.1. The fraction of sp³-hybridized carbons (Fsp3) is 0.353. The number of aliphatic hydroxyl groups is 1. The van der Waals surface area contributed by atoms with Gasteiger partial charge in [-0.1, -0.05) is 18.2 Å². The third-order valence-corrected chi connectivity index (χ3v) is 8.82. The number of aromatic hydroxyl groups is 1. The number of hydrogen-bond acceptors (Lipinski definition) is 13. The number of phenolic OH excluding ortho intramolecular Hbond substituents is 1. The summed E-state index contributed by atoms with van der Waals surface area (Å²) in [4.78, 5) is 110. The molecule has 13 N–H and O–H groups in total. The Balaban J connectivity index is 1.47. The summed E-state index contributed by atoms with van der Waals surface area (Å²) in [5.74, 6) is -6.99. The van der Waals surface area contributed by atoms with Crippen LogP contribution in [0.2, 0.25) is 0 Å². The zero-order valence-electron chi connectivity index (χ0n) is 29.7. The number of amides is 7. The minimum Gasteiger partial charge on any atom is -0.502 e. The zero-order valence-corrected chi connectivity index (χ0v) is 29.7. The Kier molecular flexibility index (Phi) is 14.0. The van der Waals surface area contributed by atoms with E-state index in [2.05, 4.69) is 31.2 Å². The number of aromatic amines is 1. The lowest BCUT2D eigenvalue weighted by Gasteiger charge is -2.29. The summed E-state index contributed by atoms with van der Waals surface area (Å²) in [7, 11) is 0. The quantitative estimate of drug-likeness (QED) is 0.0350. The predicted molar refractivity (Wildman–Crippen MR) is 193 cm³/mol. The van der Waals surface area contributed by atoms with Gasteiger partial charge in [0.05, 0.1) is 29.8 Å². The molecule has 1 aliphatic rings. The van der Waals surface area contributed by atoms with Crippen LogP contribution in [0, 0.1) is 10.1 Å². The first-order chi connectivity index (χ1) is 26.6. The fourth-order valence-electron chi connectivity index (χ4n) is 5.98. The molecule has 0 unspecified atom stereocenters. The monoisotopic (exact) mass is 779 g/mol.